The lowest BCUT2D eigenvalue weighted by Crippen LogP contribution is -2.05. The Morgan fingerprint density at radius 2 is 2.38 bits per heavy atom. The lowest BCUT2D eigenvalue weighted by Gasteiger charge is -2.10. The van der Waals surface area contributed by atoms with Crippen LogP contribution in [0.25, 0.3) is 0 Å². The summed E-state index contributed by atoms with van der Waals surface area (Å²) >= 11 is 5.82. The molecule has 0 aromatic carbocycles. The molecule has 0 aliphatic carbocycles. The van der Waals surface area contributed by atoms with Gasteiger partial charge in [0, 0.05) is 31.7 Å². The van der Waals surface area contributed by atoms with E-state index in [0.29, 0.717) is 5.92 Å². The first-order chi connectivity index (χ1) is 6.27. The van der Waals surface area contributed by atoms with Crippen LogP contribution in [0.5, 0.6) is 0 Å². The Labute approximate surface area is 84.9 Å². The summed E-state index contributed by atoms with van der Waals surface area (Å²) in [5.41, 5.74) is 0. The van der Waals surface area contributed by atoms with Gasteiger partial charge in [-0.3, -0.25) is 0 Å². The number of alkyl halides is 1. The molecule has 3 heteroatoms. The molecule has 0 saturated carbocycles. The molecule has 0 aliphatic heterocycles. The van der Waals surface area contributed by atoms with E-state index >= 15 is 0 Å². The van der Waals surface area contributed by atoms with Crippen LogP contribution in [0, 0.1) is 5.92 Å². The second-order valence-electron chi connectivity index (χ2n) is 3.42. The molecular weight excluding hydrogens is 184 g/mol. The van der Waals surface area contributed by atoms with E-state index < -0.39 is 0 Å². The number of aromatic nitrogens is 2. The summed E-state index contributed by atoms with van der Waals surface area (Å²) in [6.07, 6.45) is 7.17. The Balaban J connectivity index is 2.38. The van der Waals surface area contributed by atoms with E-state index in [1.165, 1.54) is 0 Å². The average Bonchev–Trinajstić information content (AvgIpc) is 2.54. The highest BCUT2D eigenvalue weighted by Gasteiger charge is 2.06. The number of rotatable bonds is 5. The van der Waals surface area contributed by atoms with Crippen molar-refractivity contribution < 1.29 is 0 Å². The zero-order valence-corrected chi connectivity index (χ0v) is 9.09. The van der Waals surface area contributed by atoms with Crippen LogP contribution in [-0.2, 0) is 13.5 Å². The van der Waals surface area contributed by atoms with Gasteiger partial charge in [-0.25, -0.2) is 4.98 Å². The highest BCUT2D eigenvalue weighted by atomic mass is 35.5. The van der Waals surface area contributed by atoms with E-state index in [1.807, 2.05) is 19.4 Å². The fraction of sp³-hybridized carbons (Fsp3) is 0.700. The van der Waals surface area contributed by atoms with Crippen LogP contribution in [0.2, 0.25) is 0 Å². The first-order valence-electron chi connectivity index (χ1n) is 4.80. The monoisotopic (exact) mass is 200 g/mol. The highest BCUT2D eigenvalue weighted by Crippen LogP contribution is 2.13. The van der Waals surface area contributed by atoms with Crippen molar-refractivity contribution in [3.05, 3.63) is 18.2 Å². The van der Waals surface area contributed by atoms with Crippen molar-refractivity contribution in [3.63, 3.8) is 0 Å². The highest BCUT2D eigenvalue weighted by molar-refractivity contribution is 6.18. The van der Waals surface area contributed by atoms with Crippen LogP contribution < -0.4 is 0 Å². The molecule has 1 rings (SSSR count). The van der Waals surface area contributed by atoms with Crippen molar-refractivity contribution in [2.24, 2.45) is 13.0 Å². The molecule has 0 radical (unpaired) electrons. The van der Waals surface area contributed by atoms with E-state index in [4.69, 9.17) is 11.6 Å². The minimum atomic E-state index is 0.637. The summed E-state index contributed by atoms with van der Waals surface area (Å²) in [5.74, 6) is 2.56. The van der Waals surface area contributed by atoms with Gasteiger partial charge in [0.2, 0.25) is 0 Å². The quantitative estimate of drug-likeness (QED) is 0.669. The Morgan fingerprint density at radius 1 is 1.62 bits per heavy atom. The molecule has 1 aromatic rings. The first kappa shape index (κ1) is 10.6. The fourth-order valence-corrected chi connectivity index (χ4v) is 1.73. The van der Waals surface area contributed by atoms with Crippen LogP contribution in [0.3, 0.4) is 0 Å². The maximum Gasteiger partial charge on any atom is 0.108 e. The predicted octanol–water partition coefficient (Wildman–Crippen LogP) is 2.62. The molecule has 0 N–H and O–H groups in total. The van der Waals surface area contributed by atoms with Gasteiger partial charge in [-0.1, -0.05) is 13.3 Å². The largest absolute Gasteiger partial charge is 0.338 e. The third-order valence-corrected chi connectivity index (χ3v) is 2.93. The molecular formula is C10H17ClN2. The maximum atomic E-state index is 5.82. The summed E-state index contributed by atoms with van der Waals surface area (Å²) in [4.78, 5) is 4.28. The predicted molar refractivity (Wildman–Crippen MR) is 56.0 cm³/mol. The molecule has 1 unspecified atom stereocenters. The van der Waals surface area contributed by atoms with Gasteiger partial charge >= 0.3 is 0 Å². The zero-order chi connectivity index (χ0) is 9.68. The lowest BCUT2D eigenvalue weighted by molar-refractivity contribution is 0.510. The Morgan fingerprint density at radius 3 is 2.85 bits per heavy atom. The van der Waals surface area contributed by atoms with Gasteiger partial charge in [-0.2, -0.15) is 0 Å². The van der Waals surface area contributed by atoms with Crippen molar-refractivity contribution in [3.8, 4) is 0 Å². The Bertz CT molecular complexity index is 241. The van der Waals surface area contributed by atoms with Crippen molar-refractivity contribution in [1.29, 1.82) is 0 Å². The smallest absolute Gasteiger partial charge is 0.108 e. The second-order valence-corrected chi connectivity index (χ2v) is 3.73. The number of imidazole rings is 1. The summed E-state index contributed by atoms with van der Waals surface area (Å²) in [6, 6.07) is 0. The third kappa shape index (κ3) is 3.03. The van der Waals surface area contributed by atoms with Crippen molar-refractivity contribution in [2.75, 3.05) is 5.88 Å². The molecule has 1 atom stereocenters. The molecule has 1 aromatic heterocycles. The second kappa shape index (κ2) is 5.28. The number of aryl methyl sites for hydroxylation is 2. The van der Waals surface area contributed by atoms with Gasteiger partial charge in [0.15, 0.2) is 0 Å². The summed E-state index contributed by atoms with van der Waals surface area (Å²) < 4.78 is 2.07. The molecule has 0 fully saturated rings. The van der Waals surface area contributed by atoms with Gasteiger partial charge in [0.05, 0.1) is 0 Å². The van der Waals surface area contributed by atoms with Crippen LogP contribution in [0.4, 0.5) is 0 Å². The van der Waals surface area contributed by atoms with E-state index in [0.717, 1.165) is 31.0 Å². The van der Waals surface area contributed by atoms with Crippen LogP contribution in [0.1, 0.15) is 25.6 Å². The van der Waals surface area contributed by atoms with Gasteiger partial charge in [-0.15, -0.1) is 11.6 Å². The SMILES string of the molecule is CCC(CCl)CCc1nccn1C. The molecule has 0 aliphatic rings. The number of halogens is 1. The van der Waals surface area contributed by atoms with Crippen molar-refractivity contribution >= 4 is 11.6 Å². The van der Waals surface area contributed by atoms with Gasteiger partial charge in [0.25, 0.3) is 0 Å². The standard InChI is InChI=1S/C10H17ClN2/c1-3-9(8-11)4-5-10-12-6-7-13(10)2/h6-7,9H,3-5,8H2,1-2H3. The minimum absolute atomic E-state index is 0.637. The van der Waals surface area contributed by atoms with E-state index in [9.17, 15) is 0 Å². The van der Waals surface area contributed by atoms with E-state index in [1.54, 1.807) is 0 Å². The van der Waals surface area contributed by atoms with E-state index in [2.05, 4.69) is 16.5 Å². The third-order valence-electron chi connectivity index (χ3n) is 2.49. The van der Waals surface area contributed by atoms with Crippen molar-refractivity contribution in [2.45, 2.75) is 26.2 Å². The molecule has 0 bridgehead atoms. The number of hydrogen-bond donors (Lipinski definition) is 0. The lowest BCUT2D eigenvalue weighted by atomic mass is 10.0. The van der Waals surface area contributed by atoms with Crippen LogP contribution in [-0.4, -0.2) is 15.4 Å². The summed E-state index contributed by atoms with van der Waals surface area (Å²) in [5, 5.41) is 0. The van der Waals surface area contributed by atoms with Gasteiger partial charge in [-0.05, 0) is 12.3 Å². The molecule has 2 nitrogen and oxygen atoms in total. The van der Waals surface area contributed by atoms with Gasteiger partial charge < -0.3 is 4.57 Å². The first-order valence-corrected chi connectivity index (χ1v) is 5.33. The fourth-order valence-electron chi connectivity index (χ4n) is 1.36. The topological polar surface area (TPSA) is 17.8 Å². The molecule has 1 heterocycles. The number of hydrogen-bond acceptors (Lipinski definition) is 1. The normalized spacial score (nSPS) is 13.2. The van der Waals surface area contributed by atoms with Crippen LogP contribution >= 0.6 is 11.6 Å². The van der Waals surface area contributed by atoms with Crippen LogP contribution in [0.15, 0.2) is 12.4 Å². The average molecular weight is 201 g/mol. The summed E-state index contributed by atoms with van der Waals surface area (Å²) in [7, 11) is 2.03. The minimum Gasteiger partial charge on any atom is -0.338 e. The zero-order valence-electron chi connectivity index (χ0n) is 8.33. The Hall–Kier alpha value is -0.500. The summed E-state index contributed by atoms with van der Waals surface area (Å²) in [6.45, 7) is 2.19. The van der Waals surface area contributed by atoms with Gasteiger partial charge in [0.1, 0.15) is 5.82 Å². The maximum absolute atomic E-state index is 5.82. The Kier molecular flexibility index (Phi) is 4.29. The molecule has 74 valence electrons. The molecule has 0 amide bonds. The number of nitrogens with zero attached hydrogens (tertiary/aromatic N) is 2. The molecule has 13 heavy (non-hydrogen) atoms. The molecule has 0 spiro atoms. The van der Waals surface area contributed by atoms with Crippen molar-refractivity contribution in [1.82, 2.24) is 9.55 Å². The molecule has 0 saturated heterocycles. The van der Waals surface area contributed by atoms with E-state index in [-0.39, 0.29) is 0 Å².